The Morgan fingerprint density at radius 2 is 1.90 bits per heavy atom. The smallest absolute Gasteiger partial charge is 0.321 e. The van der Waals surface area contributed by atoms with E-state index < -0.39 is 17.6 Å². The van der Waals surface area contributed by atoms with E-state index in [4.69, 9.17) is 11.6 Å². The summed E-state index contributed by atoms with van der Waals surface area (Å²) in [5.41, 5.74) is -1.19. The molecule has 2 aromatic rings. The number of hydrogen-bond acceptors (Lipinski definition) is 2. The second-order valence-corrected chi connectivity index (χ2v) is 4.26. The van der Waals surface area contributed by atoms with Crippen LogP contribution in [-0.4, -0.2) is 10.9 Å². The summed E-state index contributed by atoms with van der Waals surface area (Å²) in [7, 11) is 0. The van der Waals surface area contributed by atoms with Crippen molar-refractivity contribution in [3.63, 3.8) is 0 Å². The molecule has 1 N–H and O–H groups in total. The standard InChI is InChI=1S/C13H8ClF3N2O/c14-10-7-18-6-5-8(10)12(20)19-11-4-2-1-3-9(11)13(15,16)17/h1-7H,(H,19,20). The third-order valence-corrected chi connectivity index (χ3v) is 2.80. The number of rotatable bonds is 2. The van der Waals surface area contributed by atoms with Crippen LogP contribution in [0.15, 0.2) is 42.7 Å². The zero-order chi connectivity index (χ0) is 14.8. The van der Waals surface area contributed by atoms with Gasteiger partial charge in [0.1, 0.15) is 0 Å². The highest BCUT2D eigenvalue weighted by molar-refractivity contribution is 6.34. The fourth-order valence-electron chi connectivity index (χ4n) is 1.59. The van der Waals surface area contributed by atoms with Crippen molar-refractivity contribution in [1.29, 1.82) is 0 Å². The number of benzene rings is 1. The van der Waals surface area contributed by atoms with E-state index in [0.717, 1.165) is 6.07 Å². The average molecular weight is 301 g/mol. The minimum absolute atomic E-state index is 0.0543. The van der Waals surface area contributed by atoms with Gasteiger partial charge in [-0.15, -0.1) is 0 Å². The Morgan fingerprint density at radius 3 is 2.55 bits per heavy atom. The highest BCUT2D eigenvalue weighted by Crippen LogP contribution is 2.34. The normalized spacial score (nSPS) is 11.2. The zero-order valence-electron chi connectivity index (χ0n) is 9.91. The topological polar surface area (TPSA) is 42.0 Å². The minimum Gasteiger partial charge on any atom is -0.321 e. The van der Waals surface area contributed by atoms with E-state index in [1.165, 1.54) is 36.7 Å². The number of nitrogens with one attached hydrogen (secondary N) is 1. The number of amides is 1. The van der Waals surface area contributed by atoms with E-state index in [1.54, 1.807) is 0 Å². The van der Waals surface area contributed by atoms with E-state index in [0.29, 0.717) is 0 Å². The van der Waals surface area contributed by atoms with E-state index in [-0.39, 0.29) is 16.3 Å². The lowest BCUT2D eigenvalue weighted by Crippen LogP contribution is -2.17. The lowest BCUT2D eigenvalue weighted by Gasteiger charge is -2.13. The first-order valence-corrected chi connectivity index (χ1v) is 5.84. The number of para-hydroxylation sites is 1. The molecule has 0 saturated heterocycles. The lowest BCUT2D eigenvalue weighted by molar-refractivity contribution is -0.136. The molecule has 0 aliphatic carbocycles. The maximum absolute atomic E-state index is 12.8. The maximum atomic E-state index is 12.8. The van der Waals surface area contributed by atoms with Crippen molar-refractivity contribution in [2.24, 2.45) is 0 Å². The summed E-state index contributed by atoms with van der Waals surface area (Å²) in [6.45, 7) is 0. The number of aromatic nitrogens is 1. The van der Waals surface area contributed by atoms with Crippen LogP contribution in [0, 0.1) is 0 Å². The molecule has 1 amide bonds. The lowest BCUT2D eigenvalue weighted by atomic mass is 10.1. The summed E-state index contributed by atoms with van der Waals surface area (Å²) in [6.07, 6.45) is -1.98. The zero-order valence-corrected chi connectivity index (χ0v) is 10.7. The number of anilines is 1. The molecule has 0 aliphatic heterocycles. The molecular formula is C13H8ClF3N2O. The molecule has 0 saturated carbocycles. The Kier molecular flexibility index (Phi) is 3.94. The van der Waals surface area contributed by atoms with Gasteiger partial charge in [0.25, 0.3) is 5.91 Å². The van der Waals surface area contributed by atoms with E-state index in [2.05, 4.69) is 10.3 Å². The van der Waals surface area contributed by atoms with Crippen LogP contribution in [0.1, 0.15) is 15.9 Å². The van der Waals surface area contributed by atoms with Crippen molar-refractivity contribution in [3.05, 3.63) is 58.9 Å². The molecule has 1 aromatic heterocycles. The van der Waals surface area contributed by atoms with E-state index in [1.807, 2.05) is 0 Å². The molecular weight excluding hydrogens is 293 g/mol. The number of hydrogen-bond donors (Lipinski definition) is 1. The van der Waals surface area contributed by atoms with Crippen LogP contribution < -0.4 is 5.32 Å². The largest absolute Gasteiger partial charge is 0.418 e. The second kappa shape index (κ2) is 5.50. The van der Waals surface area contributed by atoms with Crippen molar-refractivity contribution in [3.8, 4) is 0 Å². The SMILES string of the molecule is O=C(Nc1ccccc1C(F)(F)F)c1ccncc1Cl. The van der Waals surface area contributed by atoms with Gasteiger partial charge in [0.15, 0.2) is 0 Å². The Labute approximate surface area is 117 Å². The van der Waals surface area contributed by atoms with Gasteiger partial charge in [0.05, 0.1) is 21.8 Å². The Hall–Kier alpha value is -2.08. The summed E-state index contributed by atoms with van der Waals surface area (Å²) >= 11 is 5.77. The van der Waals surface area contributed by atoms with Crippen molar-refractivity contribution < 1.29 is 18.0 Å². The average Bonchev–Trinajstić information content (AvgIpc) is 2.38. The highest BCUT2D eigenvalue weighted by atomic mass is 35.5. The Balaban J connectivity index is 2.32. The molecule has 0 aliphatic rings. The first kappa shape index (κ1) is 14.3. The van der Waals surface area contributed by atoms with Gasteiger partial charge >= 0.3 is 6.18 Å². The molecule has 7 heteroatoms. The van der Waals surface area contributed by atoms with Crippen molar-refractivity contribution in [2.75, 3.05) is 5.32 Å². The van der Waals surface area contributed by atoms with Gasteiger partial charge in [-0.25, -0.2) is 0 Å². The summed E-state index contributed by atoms with van der Waals surface area (Å²) < 4.78 is 38.4. The quantitative estimate of drug-likeness (QED) is 0.910. The van der Waals surface area contributed by atoms with Gasteiger partial charge in [-0.1, -0.05) is 23.7 Å². The van der Waals surface area contributed by atoms with Gasteiger partial charge in [-0.2, -0.15) is 13.2 Å². The molecule has 1 aromatic carbocycles. The molecule has 2 rings (SSSR count). The summed E-state index contributed by atoms with van der Waals surface area (Å²) in [5, 5.41) is 2.27. The van der Waals surface area contributed by atoms with Crippen LogP contribution in [0.5, 0.6) is 0 Å². The number of carbonyl (C=O) groups is 1. The molecule has 0 spiro atoms. The fourth-order valence-corrected chi connectivity index (χ4v) is 1.79. The van der Waals surface area contributed by atoms with E-state index >= 15 is 0 Å². The van der Waals surface area contributed by atoms with Gasteiger partial charge in [-0.05, 0) is 18.2 Å². The molecule has 104 valence electrons. The number of pyridine rings is 1. The predicted octanol–water partition coefficient (Wildman–Crippen LogP) is 4.01. The number of alkyl halides is 3. The van der Waals surface area contributed by atoms with Gasteiger partial charge in [0, 0.05) is 12.4 Å². The number of carbonyl (C=O) groups excluding carboxylic acids is 1. The van der Waals surface area contributed by atoms with Crippen LogP contribution in [0.2, 0.25) is 5.02 Å². The predicted molar refractivity (Wildman–Crippen MR) is 68.6 cm³/mol. The molecule has 0 bridgehead atoms. The van der Waals surface area contributed by atoms with Crippen LogP contribution in [0.25, 0.3) is 0 Å². The molecule has 0 radical (unpaired) electrons. The van der Waals surface area contributed by atoms with Crippen molar-refractivity contribution >= 4 is 23.2 Å². The molecule has 0 atom stereocenters. The first-order valence-electron chi connectivity index (χ1n) is 5.46. The third-order valence-electron chi connectivity index (χ3n) is 2.50. The Bertz CT molecular complexity index is 644. The van der Waals surface area contributed by atoms with Crippen molar-refractivity contribution in [2.45, 2.75) is 6.18 Å². The summed E-state index contributed by atoms with van der Waals surface area (Å²) in [4.78, 5) is 15.6. The monoisotopic (exact) mass is 300 g/mol. The van der Waals surface area contributed by atoms with Gasteiger partial charge < -0.3 is 5.32 Å². The van der Waals surface area contributed by atoms with Crippen LogP contribution in [0.3, 0.4) is 0 Å². The van der Waals surface area contributed by atoms with Crippen LogP contribution >= 0.6 is 11.6 Å². The molecule has 0 fully saturated rings. The van der Waals surface area contributed by atoms with Crippen LogP contribution in [-0.2, 0) is 6.18 Å². The molecule has 0 unspecified atom stereocenters. The molecule has 20 heavy (non-hydrogen) atoms. The highest BCUT2D eigenvalue weighted by Gasteiger charge is 2.33. The second-order valence-electron chi connectivity index (χ2n) is 3.85. The number of halogens is 4. The minimum atomic E-state index is -4.55. The number of nitrogens with zero attached hydrogens (tertiary/aromatic N) is 1. The first-order chi connectivity index (χ1) is 9.39. The molecule has 3 nitrogen and oxygen atoms in total. The van der Waals surface area contributed by atoms with E-state index in [9.17, 15) is 18.0 Å². The van der Waals surface area contributed by atoms with Gasteiger partial charge in [0.2, 0.25) is 0 Å². The fraction of sp³-hybridized carbons (Fsp3) is 0.0769. The summed E-state index contributed by atoms with van der Waals surface area (Å²) in [6, 6.07) is 6.05. The third kappa shape index (κ3) is 3.08. The van der Waals surface area contributed by atoms with Gasteiger partial charge in [-0.3, -0.25) is 9.78 Å². The van der Waals surface area contributed by atoms with Crippen molar-refractivity contribution in [1.82, 2.24) is 4.98 Å². The van der Waals surface area contributed by atoms with Crippen LogP contribution in [0.4, 0.5) is 18.9 Å². The maximum Gasteiger partial charge on any atom is 0.418 e. The summed E-state index contributed by atoms with van der Waals surface area (Å²) in [5.74, 6) is -0.728. The molecule has 1 heterocycles. The Morgan fingerprint density at radius 1 is 1.20 bits per heavy atom.